The summed E-state index contributed by atoms with van der Waals surface area (Å²) in [6.07, 6.45) is 1.36. The summed E-state index contributed by atoms with van der Waals surface area (Å²) < 4.78 is 12.1. The van der Waals surface area contributed by atoms with Crippen LogP contribution in [0.4, 0.5) is 0 Å². The Morgan fingerprint density at radius 2 is 1.96 bits per heavy atom. The Hall–Kier alpha value is -1.56. The summed E-state index contributed by atoms with van der Waals surface area (Å²) in [7, 11) is 1.66. The van der Waals surface area contributed by atoms with Gasteiger partial charge in [-0.3, -0.25) is 4.90 Å². The number of methoxy groups -OCH3 is 1. The van der Waals surface area contributed by atoms with Crippen LogP contribution in [-0.4, -0.2) is 42.9 Å². The lowest BCUT2D eigenvalue weighted by molar-refractivity contribution is 0.0239. The van der Waals surface area contributed by atoms with Crippen LogP contribution in [0.5, 0.6) is 11.5 Å². The zero-order valence-electron chi connectivity index (χ0n) is 16.0. The van der Waals surface area contributed by atoms with E-state index < -0.39 is 0 Å². The van der Waals surface area contributed by atoms with Gasteiger partial charge in [-0.05, 0) is 59.0 Å². The van der Waals surface area contributed by atoms with E-state index in [2.05, 4.69) is 51.2 Å². The zero-order chi connectivity index (χ0) is 19.2. The van der Waals surface area contributed by atoms with Gasteiger partial charge in [-0.15, -0.1) is 0 Å². The molecule has 2 unspecified atom stereocenters. The van der Waals surface area contributed by atoms with Crippen LogP contribution in [0, 0.1) is 5.92 Å². The number of rotatable bonds is 7. The van der Waals surface area contributed by atoms with E-state index in [1.807, 2.05) is 19.1 Å². The molecule has 1 aliphatic rings. The topological polar surface area (TPSA) is 41.9 Å². The lowest BCUT2D eigenvalue weighted by Gasteiger charge is -2.36. The van der Waals surface area contributed by atoms with Crippen LogP contribution in [-0.2, 0) is 13.0 Å². The van der Waals surface area contributed by atoms with Gasteiger partial charge in [0.05, 0.1) is 24.3 Å². The third kappa shape index (κ3) is 5.24. The third-order valence-electron chi connectivity index (χ3n) is 5.10. The van der Waals surface area contributed by atoms with E-state index in [4.69, 9.17) is 9.47 Å². The van der Waals surface area contributed by atoms with E-state index in [0.717, 1.165) is 54.0 Å². The van der Waals surface area contributed by atoms with Crippen molar-refractivity contribution in [2.75, 3.05) is 26.8 Å². The number of hydrogen-bond donors (Lipinski definition) is 1. The molecule has 3 rings (SSSR count). The lowest BCUT2D eigenvalue weighted by Crippen LogP contribution is -2.43. The third-order valence-corrected chi connectivity index (χ3v) is 5.69. The number of halogens is 1. The fourth-order valence-electron chi connectivity index (χ4n) is 3.76. The minimum Gasteiger partial charge on any atom is -0.493 e. The maximum atomic E-state index is 10.6. The first-order chi connectivity index (χ1) is 13.1. The van der Waals surface area contributed by atoms with Crippen LogP contribution >= 0.6 is 15.9 Å². The first-order valence-electron chi connectivity index (χ1n) is 9.54. The van der Waals surface area contributed by atoms with Crippen LogP contribution in [0.3, 0.4) is 0 Å². The molecule has 0 spiro atoms. The van der Waals surface area contributed by atoms with Gasteiger partial charge in [0.2, 0.25) is 0 Å². The molecule has 1 heterocycles. The van der Waals surface area contributed by atoms with Crippen LogP contribution in [0.25, 0.3) is 0 Å². The van der Waals surface area contributed by atoms with E-state index in [1.54, 1.807) is 7.11 Å². The molecule has 1 saturated heterocycles. The van der Waals surface area contributed by atoms with Gasteiger partial charge >= 0.3 is 0 Å². The molecule has 27 heavy (non-hydrogen) atoms. The molecule has 0 saturated carbocycles. The first-order valence-corrected chi connectivity index (χ1v) is 10.3. The van der Waals surface area contributed by atoms with E-state index in [-0.39, 0.29) is 12.0 Å². The van der Waals surface area contributed by atoms with Crippen LogP contribution in [0.1, 0.15) is 24.5 Å². The largest absolute Gasteiger partial charge is 0.493 e. The maximum absolute atomic E-state index is 10.6. The number of piperidine rings is 1. The molecule has 0 radical (unpaired) electrons. The van der Waals surface area contributed by atoms with Crippen molar-refractivity contribution < 1.29 is 14.6 Å². The smallest absolute Gasteiger partial charge is 0.175 e. The van der Waals surface area contributed by atoms with E-state index >= 15 is 0 Å². The Morgan fingerprint density at radius 3 is 2.67 bits per heavy atom. The number of hydrogen-bond acceptors (Lipinski definition) is 4. The Morgan fingerprint density at radius 1 is 1.19 bits per heavy atom. The van der Waals surface area contributed by atoms with Crippen LogP contribution < -0.4 is 9.47 Å². The molecule has 1 fully saturated rings. The molecule has 4 nitrogen and oxygen atoms in total. The standard InChI is InChI=1S/C22H28BrNO3/c1-3-27-22-19(23)12-17(13-21(22)26-2)11-18-15-24(10-9-20(18)25)14-16-7-5-4-6-8-16/h4-8,12-13,18,20,25H,3,9-11,14-15H2,1-2H3. The van der Waals surface area contributed by atoms with Gasteiger partial charge in [-0.25, -0.2) is 0 Å². The molecular weight excluding hydrogens is 406 g/mol. The summed E-state index contributed by atoms with van der Waals surface area (Å²) in [6, 6.07) is 14.6. The molecule has 0 aromatic heterocycles. The number of benzene rings is 2. The number of aliphatic hydroxyl groups is 1. The Labute approximate surface area is 170 Å². The Balaban J connectivity index is 1.70. The number of likely N-dealkylation sites (tertiary alicyclic amines) is 1. The second-order valence-electron chi connectivity index (χ2n) is 7.08. The Kier molecular flexibility index (Phi) is 7.16. The van der Waals surface area contributed by atoms with Crippen molar-refractivity contribution in [3.63, 3.8) is 0 Å². The number of ether oxygens (including phenoxy) is 2. The average molecular weight is 434 g/mol. The average Bonchev–Trinajstić information content (AvgIpc) is 2.67. The summed E-state index contributed by atoms with van der Waals surface area (Å²) in [5.74, 6) is 1.67. The zero-order valence-corrected chi connectivity index (χ0v) is 17.6. The lowest BCUT2D eigenvalue weighted by atomic mass is 9.88. The van der Waals surface area contributed by atoms with Crippen molar-refractivity contribution in [1.82, 2.24) is 4.90 Å². The number of nitrogens with zero attached hydrogens (tertiary/aromatic N) is 1. The van der Waals surface area contributed by atoms with Crippen molar-refractivity contribution in [3.8, 4) is 11.5 Å². The molecule has 146 valence electrons. The van der Waals surface area contributed by atoms with Crippen molar-refractivity contribution in [1.29, 1.82) is 0 Å². The minimum atomic E-state index is -0.270. The minimum absolute atomic E-state index is 0.206. The highest BCUT2D eigenvalue weighted by molar-refractivity contribution is 9.10. The second-order valence-corrected chi connectivity index (χ2v) is 7.94. The highest BCUT2D eigenvalue weighted by atomic mass is 79.9. The van der Waals surface area contributed by atoms with Crippen molar-refractivity contribution in [3.05, 3.63) is 58.1 Å². The molecule has 2 aromatic carbocycles. The fourth-order valence-corrected chi connectivity index (χ4v) is 4.36. The second kappa shape index (κ2) is 9.58. The van der Waals surface area contributed by atoms with Crippen LogP contribution in [0.2, 0.25) is 0 Å². The molecule has 1 aliphatic heterocycles. The fraction of sp³-hybridized carbons (Fsp3) is 0.455. The summed E-state index contributed by atoms with van der Waals surface area (Å²) in [5.41, 5.74) is 2.46. The van der Waals surface area contributed by atoms with E-state index in [9.17, 15) is 5.11 Å². The van der Waals surface area contributed by atoms with Crippen molar-refractivity contribution >= 4 is 15.9 Å². The van der Waals surface area contributed by atoms with Gasteiger partial charge in [-0.2, -0.15) is 0 Å². The molecular formula is C22H28BrNO3. The normalized spacial score (nSPS) is 20.4. The molecule has 0 aliphatic carbocycles. The summed E-state index contributed by atoms with van der Waals surface area (Å²) in [6.45, 7) is 5.30. The summed E-state index contributed by atoms with van der Waals surface area (Å²) in [4.78, 5) is 2.44. The summed E-state index contributed by atoms with van der Waals surface area (Å²) >= 11 is 3.60. The van der Waals surface area contributed by atoms with Crippen molar-refractivity contribution in [2.24, 2.45) is 5.92 Å². The molecule has 0 bridgehead atoms. The van der Waals surface area contributed by atoms with E-state index in [0.29, 0.717) is 6.61 Å². The van der Waals surface area contributed by atoms with Gasteiger partial charge < -0.3 is 14.6 Å². The van der Waals surface area contributed by atoms with Gasteiger partial charge in [0, 0.05) is 25.6 Å². The number of aliphatic hydroxyl groups excluding tert-OH is 1. The van der Waals surface area contributed by atoms with Gasteiger partial charge in [0.15, 0.2) is 11.5 Å². The van der Waals surface area contributed by atoms with Gasteiger partial charge in [-0.1, -0.05) is 30.3 Å². The molecule has 1 N–H and O–H groups in total. The molecule has 0 amide bonds. The van der Waals surface area contributed by atoms with Gasteiger partial charge in [0.1, 0.15) is 0 Å². The SMILES string of the molecule is CCOc1c(Br)cc(CC2CN(Cc3ccccc3)CCC2O)cc1OC. The monoisotopic (exact) mass is 433 g/mol. The molecule has 2 aromatic rings. The highest BCUT2D eigenvalue weighted by Gasteiger charge is 2.28. The quantitative estimate of drug-likeness (QED) is 0.707. The molecule has 5 heteroatoms. The van der Waals surface area contributed by atoms with Crippen molar-refractivity contribution in [2.45, 2.75) is 32.4 Å². The Bertz CT molecular complexity index is 738. The van der Waals surface area contributed by atoms with Gasteiger partial charge in [0.25, 0.3) is 0 Å². The summed E-state index contributed by atoms with van der Waals surface area (Å²) in [5, 5.41) is 10.6. The maximum Gasteiger partial charge on any atom is 0.175 e. The predicted molar refractivity (Wildman–Crippen MR) is 111 cm³/mol. The first kappa shape index (κ1) is 20.2. The molecule has 2 atom stereocenters. The van der Waals surface area contributed by atoms with Crippen LogP contribution in [0.15, 0.2) is 46.9 Å². The van der Waals surface area contributed by atoms with E-state index in [1.165, 1.54) is 5.56 Å². The highest BCUT2D eigenvalue weighted by Crippen LogP contribution is 2.37. The predicted octanol–water partition coefficient (Wildman–Crippen LogP) is 4.28.